The minimum atomic E-state index is -1.42. The zero-order valence-electron chi connectivity index (χ0n) is 14.9. The van der Waals surface area contributed by atoms with Gasteiger partial charge in [-0.15, -0.1) is 0 Å². The van der Waals surface area contributed by atoms with E-state index in [9.17, 15) is 4.79 Å². The summed E-state index contributed by atoms with van der Waals surface area (Å²) in [6.07, 6.45) is 4.11. The number of hydrogen-bond acceptors (Lipinski definition) is 7. The Kier molecular flexibility index (Phi) is 5.13. The van der Waals surface area contributed by atoms with Crippen LogP contribution in [0.2, 0.25) is 0 Å². The number of methoxy groups -OCH3 is 3. The standard InChI is InChI=1S/C19H21NO6/c1-22-16-10-13-7-8-15(21)12-5-4-6-14(9-12)25-11-26-19(16,24-3)18(23-2)17(13)20/h4-10,16H,11,20H2,1-3H3. The highest BCUT2D eigenvalue weighted by molar-refractivity contribution is 6.05. The van der Waals surface area contributed by atoms with Crippen LogP contribution in [0.3, 0.4) is 0 Å². The van der Waals surface area contributed by atoms with Crippen molar-refractivity contribution in [1.29, 1.82) is 0 Å². The molecule has 0 radical (unpaired) electrons. The Morgan fingerprint density at radius 3 is 2.73 bits per heavy atom. The second-order valence-corrected chi connectivity index (χ2v) is 5.73. The maximum atomic E-state index is 12.4. The van der Waals surface area contributed by atoms with Crippen molar-refractivity contribution in [3.8, 4) is 5.75 Å². The van der Waals surface area contributed by atoms with Crippen molar-refractivity contribution in [2.24, 2.45) is 5.73 Å². The van der Waals surface area contributed by atoms with Crippen LogP contribution >= 0.6 is 0 Å². The monoisotopic (exact) mass is 359 g/mol. The summed E-state index contributed by atoms with van der Waals surface area (Å²) >= 11 is 0. The lowest BCUT2D eigenvalue weighted by molar-refractivity contribution is -0.279. The highest BCUT2D eigenvalue weighted by atomic mass is 16.8. The van der Waals surface area contributed by atoms with Crippen molar-refractivity contribution >= 4 is 5.78 Å². The van der Waals surface area contributed by atoms with Gasteiger partial charge in [0, 0.05) is 19.8 Å². The highest BCUT2D eigenvalue weighted by Gasteiger charge is 2.50. The average molecular weight is 359 g/mol. The zero-order chi connectivity index (χ0) is 18.7. The number of hydrogen-bond donors (Lipinski definition) is 1. The molecule has 1 aromatic carbocycles. The van der Waals surface area contributed by atoms with Crippen molar-refractivity contribution in [2.45, 2.75) is 11.9 Å². The number of allylic oxidation sites excluding steroid dienone is 2. The van der Waals surface area contributed by atoms with E-state index in [-0.39, 0.29) is 24.0 Å². The number of rotatable bonds is 3. The molecular formula is C19H21NO6. The smallest absolute Gasteiger partial charge is 0.263 e. The normalized spacial score (nSPS) is 25.7. The molecule has 4 bridgehead atoms. The van der Waals surface area contributed by atoms with Crippen molar-refractivity contribution in [3.63, 3.8) is 0 Å². The molecule has 2 heterocycles. The van der Waals surface area contributed by atoms with Crippen LogP contribution in [-0.2, 0) is 18.9 Å². The lowest BCUT2D eigenvalue weighted by atomic mass is 9.93. The van der Waals surface area contributed by atoms with Crippen LogP contribution in [-0.4, -0.2) is 45.8 Å². The quantitative estimate of drug-likeness (QED) is 0.882. The van der Waals surface area contributed by atoms with Crippen LogP contribution < -0.4 is 10.5 Å². The molecule has 0 aromatic heterocycles. The molecule has 0 spiro atoms. The largest absolute Gasteiger partial charge is 0.493 e. The minimum Gasteiger partial charge on any atom is -0.493 e. The molecule has 0 saturated carbocycles. The van der Waals surface area contributed by atoms with Gasteiger partial charge in [-0.2, -0.15) is 0 Å². The summed E-state index contributed by atoms with van der Waals surface area (Å²) in [5, 5.41) is 0. The SMILES string of the molecule is COC1=C(N)C2=CC(OC)C1(OC)OCOc1cccc(c1)C(=O)C=C2. The molecule has 1 aliphatic carbocycles. The Bertz CT molecular complexity index is 797. The fourth-order valence-electron chi connectivity index (χ4n) is 3.03. The number of fused-ring (bicyclic) bond motifs is 4. The van der Waals surface area contributed by atoms with Gasteiger partial charge in [-0.25, -0.2) is 0 Å². The van der Waals surface area contributed by atoms with Crippen LogP contribution in [0.15, 0.2) is 59.5 Å². The van der Waals surface area contributed by atoms with Gasteiger partial charge in [-0.05, 0) is 35.9 Å². The molecule has 2 atom stereocenters. The second-order valence-electron chi connectivity index (χ2n) is 5.73. The van der Waals surface area contributed by atoms with E-state index in [4.69, 9.17) is 29.4 Å². The van der Waals surface area contributed by atoms with E-state index in [1.54, 1.807) is 36.4 Å². The molecule has 0 fully saturated rings. The van der Waals surface area contributed by atoms with Crippen molar-refractivity contribution < 1.29 is 28.5 Å². The summed E-state index contributed by atoms with van der Waals surface area (Å²) in [5.41, 5.74) is 7.61. The number of benzene rings is 1. The summed E-state index contributed by atoms with van der Waals surface area (Å²) in [6, 6.07) is 6.82. The topological polar surface area (TPSA) is 89.2 Å². The summed E-state index contributed by atoms with van der Waals surface area (Å²) in [6.45, 7) is -0.165. The van der Waals surface area contributed by atoms with Gasteiger partial charge in [0.15, 0.2) is 18.3 Å². The molecule has 0 amide bonds. The third-order valence-electron chi connectivity index (χ3n) is 4.37. The number of ketones is 1. The minimum absolute atomic E-state index is 0.165. The summed E-state index contributed by atoms with van der Waals surface area (Å²) in [7, 11) is 4.45. The summed E-state index contributed by atoms with van der Waals surface area (Å²) < 4.78 is 28.2. The first-order valence-electron chi connectivity index (χ1n) is 7.99. The molecule has 26 heavy (non-hydrogen) atoms. The van der Waals surface area contributed by atoms with Gasteiger partial charge in [0.2, 0.25) is 0 Å². The third kappa shape index (κ3) is 3.01. The van der Waals surface area contributed by atoms with Gasteiger partial charge in [0.25, 0.3) is 5.79 Å². The van der Waals surface area contributed by atoms with E-state index in [2.05, 4.69) is 0 Å². The maximum absolute atomic E-state index is 12.4. The Morgan fingerprint density at radius 1 is 1.23 bits per heavy atom. The average Bonchev–Trinajstić information content (AvgIpc) is 2.67. The number of ether oxygens (including phenoxy) is 5. The third-order valence-corrected chi connectivity index (χ3v) is 4.37. The predicted molar refractivity (Wildman–Crippen MR) is 93.3 cm³/mol. The van der Waals surface area contributed by atoms with Gasteiger partial charge >= 0.3 is 0 Å². The first-order valence-corrected chi connectivity index (χ1v) is 7.99. The molecule has 1 aromatic rings. The molecule has 7 heteroatoms. The zero-order valence-corrected chi connectivity index (χ0v) is 14.9. The van der Waals surface area contributed by atoms with Crippen LogP contribution in [0.5, 0.6) is 5.75 Å². The van der Waals surface area contributed by atoms with E-state index >= 15 is 0 Å². The fourth-order valence-corrected chi connectivity index (χ4v) is 3.03. The lowest BCUT2D eigenvalue weighted by Gasteiger charge is -2.40. The molecule has 3 aliphatic rings. The van der Waals surface area contributed by atoms with E-state index in [0.717, 1.165) is 0 Å². The van der Waals surface area contributed by atoms with Crippen LogP contribution in [0.4, 0.5) is 0 Å². The first-order chi connectivity index (χ1) is 12.6. The number of carbonyl (C=O) groups is 1. The molecule has 2 unspecified atom stereocenters. The molecule has 7 nitrogen and oxygen atoms in total. The van der Waals surface area contributed by atoms with Crippen molar-refractivity contribution in [1.82, 2.24) is 0 Å². The van der Waals surface area contributed by atoms with Gasteiger partial charge in [0.05, 0.1) is 12.8 Å². The van der Waals surface area contributed by atoms with Gasteiger partial charge < -0.3 is 29.4 Å². The van der Waals surface area contributed by atoms with Crippen molar-refractivity contribution in [2.75, 3.05) is 28.1 Å². The van der Waals surface area contributed by atoms with Crippen LogP contribution in [0.25, 0.3) is 0 Å². The van der Waals surface area contributed by atoms with E-state index in [0.29, 0.717) is 16.9 Å². The van der Waals surface area contributed by atoms with E-state index in [1.807, 2.05) is 0 Å². The first kappa shape index (κ1) is 18.2. The molecule has 4 rings (SSSR count). The van der Waals surface area contributed by atoms with Crippen LogP contribution in [0.1, 0.15) is 10.4 Å². The second kappa shape index (κ2) is 7.33. The Balaban J connectivity index is 2.14. The van der Waals surface area contributed by atoms with Crippen molar-refractivity contribution in [3.05, 3.63) is 65.1 Å². The van der Waals surface area contributed by atoms with Gasteiger partial charge in [0.1, 0.15) is 11.9 Å². The predicted octanol–water partition coefficient (Wildman–Crippen LogP) is 1.91. The van der Waals surface area contributed by atoms with Crippen LogP contribution in [0, 0.1) is 0 Å². The van der Waals surface area contributed by atoms with E-state index in [1.165, 1.54) is 27.4 Å². The molecule has 2 N–H and O–H groups in total. The Morgan fingerprint density at radius 2 is 2.04 bits per heavy atom. The van der Waals surface area contributed by atoms with E-state index < -0.39 is 11.9 Å². The molecular weight excluding hydrogens is 338 g/mol. The number of nitrogens with two attached hydrogens (primary N) is 1. The molecule has 138 valence electrons. The van der Waals surface area contributed by atoms with Gasteiger partial charge in [-0.1, -0.05) is 12.1 Å². The maximum Gasteiger partial charge on any atom is 0.263 e. The van der Waals surface area contributed by atoms with Gasteiger partial charge in [-0.3, -0.25) is 4.79 Å². The highest BCUT2D eigenvalue weighted by Crippen LogP contribution is 2.38. The summed E-state index contributed by atoms with van der Waals surface area (Å²) in [5.74, 6) is -0.858. The Labute approximate surface area is 151 Å². The fraction of sp³-hybridized carbons (Fsp3) is 0.316. The molecule has 2 aliphatic heterocycles. The molecule has 0 saturated heterocycles. The number of carbonyl (C=O) groups excluding carboxylic acids is 1. The summed E-state index contributed by atoms with van der Waals surface area (Å²) in [4.78, 5) is 12.4. The Hall–Kier alpha value is -2.61. The lowest BCUT2D eigenvalue weighted by Crippen LogP contribution is -2.52.